The van der Waals surface area contributed by atoms with Gasteiger partial charge in [-0.1, -0.05) is 67.5 Å². The summed E-state index contributed by atoms with van der Waals surface area (Å²) in [6.07, 6.45) is 2.22. The van der Waals surface area contributed by atoms with Gasteiger partial charge in [0.2, 0.25) is 5.91 Å². The van der Waals surface area contributed by atoms with Gasteiger partial charge in [0.15, 0.2) is 5.76 Å². The number of ether oxygens (including phenoxy) is 1. The molecule has 1 aliphatic rings. The van der Waals surface area contributed by atoms with Crippen LogP contribution >= 0.6 is 0 Å². The average Bonchev–Trinajstić information content (AvgIpc) is 3.20. The number of para-hydroxylation sites is 1. The SMILES string of the molecule is CC1(C)[C@H](Cc2cc(COc3ccccc3)on2)C[C@@H]1NC(=O)Cc1ccccc1. The summed E-state index contributed by atoms with van der Waals surface area (Å²) in [5.74, 6) is 2.07. The summed E-state index contributed by atoms with van der Waals surface area (Å²) in [6.45, 7) is 4.80. The highest BCUT2D eigenvalue weighted by atomic mass is 16.5. The van der Waals surface area contributed by atoms with Crippen molar-refractivity contribution in [2.75, 3.05) is 0 Å². The molecule has 0 saturated heterocycles. The van der Waals surface area contributed by atoms with Gasteiger partial charge in [-0.05, 0) is 41.9 Å². The number of hydrogen-bond acceptors (Lipinski definition) is 4. The van der Waals surface area contributed by atoms with Crippen LogP contribution < -0.4 is 10.1 Å². The Bertz CT molecular complexity index is 966. The first kappa shape index (κ1) is 20.2. The molecule has 1 heterocycles. The van der Waals surface area contributed by atoms with Crippen LogP contribution in [-0.4, -0.2) is 17.1 Å². The van der Waals surface area contributed by atoms with Crippen LogP contribution in [-0.2, 0) is 24.2 Å². The highest BCUT2D eigenvalue weighted by Crippen LogP contribution is 2.47. The van der Waals surface area contributed by atoms with Crippen LogP contribution in [0.2, 0.25) is 0 Å². The second kappa shape index (κ2) is 8.74. The smallest absolute Gasteiger partial charge is 0.224 e. The molecular weight excluding hydrogens is 376 g/mol. The standard InChI is InChI=1S/C25H28N2O3/c1-25(2)19(15-23(25)26-24(28)13-18-9-5-3-6-10-18)14-20-16-22(30-27-20)17-29-21-11-7-4-8-12-21/h3-12,16,19,23H,13-15,17H2,1-2H3,(H,26,28)/t19-,23+/m1/s1. The molecule has 2 aromatic carbocycles. The van der Waals surface area contributed by atoms with Gasteiger partial charge in [-0.25, -0.2) is 0 Å². The lowest BCUT2D eigenvalue weighted by molar-refractivity contribution is -0.124. The van der Waals surface area contributed by atoms with Crippen LogP contribution in [0.3, 0.4) is 0 Å². The number of amides is 1. The first-order chi connectivity index (χ1) is 14.5. The van der Waals surface area contributed by atoms with Gasteiger partial charge in [0, 0.05) is 12.1 Å². The van der Waals surface area contributed by atoms with Crippen LogP contribution in [0.25, 0.3) is 0 Å². The highest BCUT2D eigenvalue weighted by Gasteiger charge is 2.48. The summed E-state index contributed by atoms with van der Waals surface area (Å²) in [6, 6.07) is 21.7. The Hall–Kier alpha value is -3.08. The summed E-state index contributed by atoms with van der Waals surface area (Å²) >= 11 is 0. The molecule has 0 unspecified atom stereocenters. The fraction of sp³-hybridized carbons (Fsp3) is 0.360. The van der Waals surface area contributed by atoms with Crippen LogP contribution in [0.4, 0.5) is 0 Å². The molecule has 30 heavy (non-hydrogen) atoms. The summed E-state index contributed by atoms with van der Waals surface area (Å²) in [7, 11) is 0. The van der Waals surface area contributed by atoms with Gasteiger partial charge in [-0.3, -0.25) is 4.79 Å². The second-order valence-corrected chi connectivity index (χ2v) is 8.63. The number of carbonyl (C=O) groups is 1. The third-order valence-corrected chi connectivity index (χ3v) is 6.20. The molecule has 1 saturated carbocycles. The first-order valence-corrected chi connectivity index (χ1v) is 10.5. The van der Waals surface area contributed by atoms with Gasteiger partial charge in [-0.2, -0.15) is 0 Å². The number of nitrogens with one attached hydrogen (secondary N) is 1. The van der Waals surface area contributed by atoms with Crippen molar-refractivity contribution in [1.82, 2.24) is 10.5 Å². The van der Waals surface area contributed by atoms with E-state index >= 15 is 0 Å². The molecule has 1 aromatic heterocycles. The normalized spacial score (nSPS) is 19.7. The van der Waals surface area contributed by atoms with Crippen molar-refractivity contribution in [2.24, 2.45) is 11.3 Å². The third kappa shape index (κ3) is 4.73. The van der Waals surface area contributed by atoms with Gasteiger partial charge in [0.1, 0.15) is 12.4 Å². The zero-order chi connectivity index (χ0) is 21.0. The van der Waals surface area contributed by atoms with Crippen molar-refractivity contribution in [3.63, 3.8) is 0 Å². The maximum Gasteiger partial charge on any atom is 0.224 e. The van der Waals surface area contributed by atoms with E-state index in [4.69, 9.17) is 9.26 Å². The van der Waals surface area contributed by atoms with Crippen molar-refractivity contribution in [3.05, 3.63) is 83.7 Å². The summed E-state index contributed by atoms with van der Waals surface area (Å²) < 4.78 is 11.2. The van der Waals surface area contributed by atoms with E-state index in [0.717, 1.165) is 35.6 Å². The topological polar surface area (TPSA) is 64.4 Å². The first-order valence-electron chi connectivity index (χ1n) is 10.5. The minimum absolute atomic E-state index is 0.0198. The zero-order valence-electron chi connectivity index (χ0n) is 17.5. The maximum absolute atomic E-state index is 12.4. The Labute approximate surface area is 177 Å². The maximum atomic E-state index is 12.4. The number of benzene rings is 2. The molecule has 1 N–H and O–H groups in total. The molecule has 1 aliphatic carbocycles. The quantitative estimate of drug-likeness (QED) is 0.597. The molecule has 0 spiro atoms. The van der Waals surface area contributed by atoms with E-state index in [1.54, 1.807) is 0 Å². The van der Waals surface area contributed by atoms with E-state index in [0.29, 0.717) is 18.9 Å². The fourth-order valence-electron chi connectivity index (χ4n) is 4.08. The number of nitrogens with zero attached hydrogens (tertiary/aromatic N) is 1. The monoisotopic (exact) mass is 404 g/mol. The predicted molar refractivity (Wildman–Crippen MR) is 115 cm³/mol. The molecule has 0 radical (unpaired) electrons. The van der Waals surface area contributed by atoms with Crippen LogP contribution in [0.1, 0.15) is 37.3 Å². The van der Waals surface area contributed by atoms with E-state index in [-0.39, 0.29) is 17.4 Å². The average molecular weight is 405 g/mol. The zero-order valence-corrected chi connectivity index (χ0v) is 17.5. The molecule has 1 amide bonds. The van der Waals surface area contributed by atoms with Crippen LogP contribution in [0.15, 0.2) is 71.3 Å². The van der Waals surface area contributed by atoms with Crippen LogP contribution in [0, 0.1) is 11.3 Å². The molecule has 1 fully saturated rings. The number of aromatic nitrogens is 1. The van der Waals surface area contributed by atoms with Crippen molar-refractivity contribution in [1.29, 1.82) is 0 Å². The van der Waals surface area contributed by atoms with E-state index in [1.165, 1.54) is 0 Å². The number of rotatable bonds is 8. The predicted octanol–water partition coefficient (Wildman–Crippen LogP) is 4.57. The molecule has 0 bridgehead atoms. The largest absolute Gasteiger partial charge is 0.486 e. The van der Waals surface area contributed by atoms with Gasteiger partial charge >= 0.3 is 0 Å². The Morgan fingerprint density at radius 2 is 1.83 bits per heavy atom. The minimum atomic E-state index is 0.0198. The van der Waals surface area contributed by atoms with E-state index in [1.807, 2.05) is 66.7 Å². The number of hydrogen-bond donors (Lipinski definition) is 1. The Balaban J connectivity index is 1.26. The molecular formula is C25H28N2O3. The van der Waals surface area contributed by atoms with Gasteiger partial charge in [-0.15, -0.1) is 0 Å². The molecule has 4 rings (SSSR count). The molecule has 156 valence electrons. The second-order valence-electron chi connectivity index (χ2n) is 8.63. The molecule has 2 atom stereocenters. The minimum Gasteiger partial charge on any atom is -0.486 e. The van der Waals surface area contributed by atoms with Crippen molar-refractivity contribution >= 4 is 5.91 Å². The van der Waals surface area contributed by atoms with Crippen LogP contribution in [0.5, 0.6) is 5.75 Å². The van der Waals surface area contributed by atoms with Crippen molar-refractivity contribution in [3.8, 4) is 5.75 Å². The number of carbonyl (C=O) groups excluding carboxylic acids is 1. The summed E-state index contributed by atoms with van der Waals surface area (Å²) in [5, 5.41) is 7.43. The Morgan fingerprint density at radius 1 is 1.13 bits per heavy atom. The van der Waals surface area contributed by atoms with Crippen molar-refractivity contribution in [2.45, 2.75) is 45.8 Å². The van der Waals surface area contributed by atoms with E-state index < -0.39 is 0 Å². The summed E-state index contributed by atoms with van der Waals surface area (Å²) in [5.41, 5.74) is 2.00. The van der Waals surface area contributed by atoms with Gasteiger partial charge in [0.25, 0.3) is 0 Å². The van der Waals surface area contributed by atoms with E-state index in [9.17, 15) is 4.79 Å². The molecule has 3 aromatic rings. The molecule has 0 aliphatic heterocycles. The van der Waals surface area contributed by atoms with Gasteiger partial charge < -0.3 is 14.6 Å². The molecule has 5 nitrogen and oxygen atoms in total. The lowest BCUT2D eigenvalue weighted by Gasteiger charge is -2.52. The Kier molecular flexibility index (Phi) is 5.88. The van der Waals surface area contributed by atoms with Gasteiger partial charge in [0.05, 0.1) is 12.1 Å². The van der Waals surface area contributed by atoms with E-state index in [2.05, 4.69) is 24.3 Å². The lowest BCUT2D eigenvalue weighted by Crippen LogP contribution is -2.59. The van der Waals surface area contributed by atoms with Crippen molar-refractivity contribution < 1.29 is 14.1 Å². The lowest BCUT2D eigenvalue weighted by atomic mass is 9.57. The Morgan fingerprint density at radius 3 is 2.53 bits per heavy atom. The third-order valence-electron chi connectivity index (χ3n) is 6.20. The molecule has 5 heteroatoms. The fourth-order valence-corrected chi connectivity index (χ4v) is 4.08. The highest BCUT2D eigenvalue weighted by molar-refractivity contribution is 5.79. The summed E-state index contributed by atoms with van der Waals surface area (Å²) in [4.78, 5) is 12.4.